The molecule has 2 aliphatic heterocycles. The number of rotatable bonds is 2. The fraction of sp³-hybridized carbons (Fsp3) is 1.00. The smallest absolute Gasteiger partial charge is 0.0116 e. The molecule has 3 rings (SSSR count). The minimum Gasteiger partial charge on any atom is -0.328 e. The van der Waals surface area contributed by atoms with Crippen molar-refractivity contribution in [1.82, 2.24) is 4.90 Å². The van der Waals surface area contributed by atoms with Crippen LogP contribution >= 0.6 is 0 Å². The van der Waals surface area contributed by atoms with E-state index >= 15 is 0 Å². The quantitative estimate of drug-likeness (QED) is 0.799. The van der Waals surface area contributed by atoms with Crippen LogP contribution in [0.3, 0.4) is 0 Å². The van der Waals surface area contributed by atoms with Gasteiger partial charge in [0.15, 0.2) is 0 Å². The molecule has 0 amide bonds. The van der Waals surface area contributed by atoms with Gasteiger partial charge in [-0.05, 0) is 51.4 Å². The van der Waals surface area contributed by atoms with E-state index in [0.29, 0.717) is 6.04 Å². The standard InChI is InChI=1S/C15H28N2/c1-11(12-5-3-2-4-6-12)17-14-7-8-15(17)10-13(16)9-14/h11-15H,2-10,16H2,1H3. The predicted molar refractivity (Wildman–Crippen MR) is 71.9 cm³/mol. The van der Waals surface area contributed by atoms with Crippen LogP contribution in [0.15, 0.2) is 0 Å². The summed E-state index contributed by atoms with van der Waals surface area (Å²) >= 11 is 0. The Morgan fingerprint density at radius 1 is 0.941 bits per heavy atom. The molecule has 2 bridgehead atoms. The van der Waals surface area contributed by atoms with Crippen LogP contribution in [0.25, 0.3) is 0 Å². The summed E-state index contributed by atoms with van der Waals surface area (Å²) in [5, 5.41) is 0. The van der Waals surface area contributed by atoms with E-state index in [-0.39, 0.29) is 0 Å². The molecule has 0 spiro atoms. The van der Waals surface area contributed by atoms with E-state index in [1.54, 1.807) is 0 Å². The summed E-state index contributed by atoms with van der Waals surface area (Å²) in [5.41, 5.74) is 6.17. The van der Waals surface area contributed by atoms with Crippen LogP contribution in [0.5, 0.6) is 0 Å². The fourth-order valence-electron chi connectivity index (χ4n) is 4.78. The summed E-state index contributed by atoms with van der Waals surface area (Å²) < 4.78 is 0. The van der Waals surface area contributed by atoms with Crippen LogP contribution in [0.2, 0.25) is 0 Å². The molecule has 2 saturated heterocycles. The Labute approximate surface area is 106 Å². The van der Waals surface area contributed by atoms with Crippen molar-refractivity contribution >= 4 is 0 Å². The molecule has 3 aliphatic rings. The predicted octanol–water partition coefficient (Wildman–Crippen LogP) is 2.91. The van der Waals surface area contributed by atoms with E-state index in [4.69, 9.17) is 5.73 Å². The monoisotopic (exact) mass is 236 g/mol. The zero-order valence-electron chi connectivity index (χ0n) is 11.3. The average molecular weight is 236 g/mol. The summed E-state index contributed by atoms with van der Waals surface area (Å²) in [4.78, 5) is 2.87. The highest BCUT2D eigenvalue weighted by atomic mass is 15.3. The summed E-state index contributed by atoms with van der Waals surface area (Å²) in [6.45, 7) is 2.50. The third-order valence-corrected chi connectivity index (χ3v) is 5.63. The second kappa shape index (κ2) is 4.89. The first-order valence-corrected chi connectivity index (χ1v) is 7.78. The van der Waals surface area contributed by atoms with Crippen LogP contribution in [0.4, 0.5) is 0 Å². The molecule has 2 heterocycles. The molecule has 2 N–H and O–H groups in total. The molecule has 17 heavy (non-hydrogen) atoms. The number of nitrogens with zero attached hydrogens (tertiary/aromatic N) is 1. The summed E-state index contributed by atoms with van der Waals surface area (Å²) in [5.74, 6) is 0.973. The molecule has 1 saturated carbocycles. The van der Waals surface area contributed by atoms with Crippen molar-refractivity contribution in [1.29, 1.82) is 0 Å². The minimum absolute atomic E-state index is 0.488. The van der Waals surface area contributed by atoms with Crippen LogP contribution in [-0.2, 0) is 0 Å². The molecular formula is C15H28N2. The van der Waals surface area contributed by atoms with Crippen molar-refractivity contribution in [3.05, 3.63) is 0 Å². The fourth-order valence-corrected chi connectivity index (χ4v) is 4.78. The van der Waals surface area contributed by atoms with Gasteiger partial charge in [-0.1, -0.05) is 19.3 Å². The zero-order chi connectivity index (χ0) is 11.8. The lowest BCUT2D eigenvalue weighted by molar-refractivity contribution is 0.0449. The van der Waals surface area contributed by atoms with Crippen LogP contribution in [0.1, 0.15) is 64.7 Å². The van der Waals surface area contributed by atoms with Crippen molar-refractivity contribution in [2.45, 2.75) is 88.9 Å². The van der Waals surface area contributed by atoms with E-state index in [2.05, 4.69) is 11.8 Å². The zero-order valence-corrected chi connectivity index (χ0v) is 11.3. The van der Waals surface area contributed by atoms with Gasteiger partial charge >= 0.3 is 0 Å². The van der Waals surface area contributed by atoms with Gasteiger partial charge in [-0.25, -0.2) is 0 Å². The van der Waals surface area contributed by atoms with Gasteiger partial charge in [0, 0.05) is 24.2 Å². The summed E-state index contributed by atoms with van der Waals surface area (Å²) in [6, 6.07) is 2.95. The molecular weight excluding hydrogens is 208 g/mol. The molecule has 3 unspecified atom stereocenters. The normalized spacial score (nSPS) is 41.6. The Morgan fingerprint density at radius 2 is 1.53 bits per heavy atom. The van der Waals surface area contributed by atoms with Gasteiger partial charge in [0.1, 0.15) is 0 Å². The number of hydrogen-bond donors (Lipinski definition) is 1. The number of nitrogens with two attached hydrogens (primary N) is 1. The highest BCUT2D eigenvalue weighted by Crippen LogP contribution is 2.40. The van der Waals surface area contributed by atoms with Crippen molar-refractivity contribution in [2.24, 2.45) is 11.7 Å². The molecule has 0 aromatic heterocycles. The minimum atomic E-state index is 0.488. The van der Waals surface area contributed by atoms with Gasteiger partial charge in [-0.15, -0.1) is 0 Å². The van der Waals surface area contributed by atoms with Crippen LogP contribution < -0.4 is 5.73 Å². The Balaban J connectivity index is 1.67. The van der Waals surface area contributed by atoms with Crippen LogP contribution in [-0.4, -0.2) is 29.1 Å². The number of fused-ring (bicyclic) bond motifs is 2. The first kappa shape index (κ1) is 12.0. The number of piperidine rings is 1. The summed E-state index contributed by atoms with van der Waals surface area (Å²) in [7, 11) is 0. The molecule has 98 valence electrons. The Morgan fingerprint density at radius 3 is 2.12 bits per heavy atom. The number of hydrogen-bond acceptors (Lipinski definition) is 2. The first-order valence-electron chi connectivity index (χ1n) is 7.78. The second-order valence-corrected chi connectivity index (χ2v) is 6.70. The van der Waals surface area contributed by atoms with Crippen molar-refractivity contribution in [3.63, 3.8) is 0 Å². The topological polar surface area (TPSA) is 29.3 Å². The Bertz CT molecular complexity index is 246. The van der Waals surface area contributed by atoms with E-state index in [9.17, 15) is 0 Å². The highest BCUT2D eigenvalue weighted by molar-refractivity contribution is 4.99. The molecule has 0 radical (unpaired) electrons. The van der Waals surface area contributed by atoms with Gasteiger partial charge < -0.3 is 5.73 Å². The second-order valence-electron chi connectivity index (χ2n) is 6.70. The lowest BCUT2D eigenvalue weighted by atomic mass is 9.82. The van der Waals surface area contributed by atoms with Gasteiger partial charge in [0.05, 0.1) is 0 Å². The van der Waals surface area contributed by atoms with Crippen LogP contribution in [0, 0.1) is 5.92 Å². The highest BCUT2D eigenvalue weighted by Gasteiger charge is 2.43. The lowest BCUT2D eigenvalue weighted by Gasteiger charge is -2.45. The molecule has 2 nitrogen and oxygen atoms in total. The maximum atomic E-state index is 6.17. The third-order valence-electron chi connectivity index (χ3n) is 5.63. The molecule has 1 aliphatic carbocycles. The van der Waals surface area contributed by atoms with Gasteiger partial charge in [-0.2, -0.15) is 0 Å². The third kappa shape index (κ3) is 2.26. The SMILES string of the molecule is CC(C1CCCCC1)N1C2CCC1CC(N)C2. The van der Waals surface area contributed by atoms with E-state index in [1.165, 1.54) is 57.8 Å². The molecule has 3 atom stereocenters. The average Bonchev–Trinajstić information content (AvgIpc) is 2.62. The maximum absolute atomic E-state index is 6.17. The van der Waals surface area contributed by atoms with Gasteiger partial charge in [0.2, 0.25) is 0 Å². The Kier molecular flexibility index (Phi) is 3.45. The molecule has 3 fully saturated rings. The van der Waals surface area contributed by atoms with E-state index < -0.39 is 0 Å². The molecule has 0 aromatic rings. The lowest BCUT2D eigenvalue weighted by Crippen LogP contribution is -2.53. The van der Waals surface area contributed by atoms with Gasteiger partial charge in [0.25, 0.3) is 0 Å². The summed E-state index contributed by atoms with van der Waals surface area (Å²) in [6.07, 6.45) is 12.7. The van der Waals surface area contributed by atoms with E-state index in [0.717, 1.165) is 24.0 Å². The molecule has 2 heteroatoms. The first-order chi connectivity index (χ1) is 8.25. The largest absolute Gasteiger partial charge is 0.328 e. The molecule has 0 aromatic carbocycles. The van der Waals surface area contributed by atoms with Crippen molar-refractivity contribution in [3.8, 4) is 0 Å². The van der Waals surface area contributed by atoms with E-state index in [1.807, 2.05) is 0 Å². The van der Waals surface area contributed by atoms with Gasteiger partial charge in [-0.3, -0.25) is 4.90 Å². The Hall–Kier alpha value is -0.0800. The van der Waals surface area contributed by atoms with Crippen molar-refractivity contribution < 1.29 is 0 Å². The maximum Gasteiger partial charge on any atom is 0.0116 e. The van der Waals surface area contributed by atoms with Crippen molar-refractivity contribution in [2.75, 3.05) is 0 Å².